The molecule has 0 aliphatic heterocycles. The van der Waals surface area contributed by atoms with Gasteiger partial charge in [0.05, 0.1) is 0 Å². The van der Waals surface area contributed by atoms with Gasteiger partial charge in [0.1, 0.15) is 18.0 Å². The van der Waals surface area contributed by atoms with Crippen LogP contribution in [0.3, 0.4) is 0 Å². The number of aromatic nitrogens is 2. The fourth-order valence-corrected chi connectivity index (χ4v) is 1.71. The van der Waals surface area contributed by atoms with Gasteiger partial charge in [-0.25, -0.2) is 15.8 Å². The summed E-state index contributed by atoms with van der Waals surface area (Å²) in [5.74, 6) is 7.62. The molecule has 0 aliphatic rings. The molecule has 0 spiro atoms. The van der Waals surface area contributed by atoms with Crippen LogP contribution in [-0.4, -0.2) is 16.0 Å². The normalized spacial score (nSPS) is 14.2. The van der Waals surface area contributed by atoms with Gasteiger partial charge in [0.2, 0.25) is 0 Å². The van der Waals surface area contributed by atoms with E-state index >= 15 is 0 Å². The number of hydrogen-bond donors (Lipinski definition) is 3. The number of nitrogens with zero attached hydrogens (tertiary/aromatic N) is 2. The lowest BCUT2D eigenvalue weighted by atomic mass is 10.0. The van der Waals surface area contributed by atoms with E-state index in [-0.39, 0.29) is 0 Å². The molecule has 1 heterocycles. The second-order valence-electron chi connectivity index (χ2n) is 4.37. The third-order valence-electron chi connectivity index (χ3n) is 3.30. The smallest absolute Gasteiger partial charge is 0.148 e. The summed E-state index contributed by atoms with van der Waals surface area (Å²) < 4.78 is 0. The second-order valence-corrected chi connectivity index (χ2v) is 4.37. The number of nitrogen functional groups attached to an aromatic ring is 1. The fourth-order valence-electron chi connectivity index (χ4n) is 1.71. The molecule has 0 aromatic carbocycles. The first-order valence-corrected chi connectivity index (χ1v) is 6.21. The molecule has 1 aromatic heterocycles. The van der Waals surface area contributed by atoms with Crippen molar-refractivity contribution in [3.63, 3.8) is 0 Å². The van der Waals surface area contributed by atoms with Crippen molar-refractivity contribution in [2.45, 2.75) is 46.6 Å². The fraction of sp³-hybridized carbons (Fsp3) is 0.667. The Kier molecular flexibility index (Phi) is 5.15. The number of hydrogen-bond acceptors (Lipinski definition) is 5. The van der Waals surface area contributed by atoms with E-state index in [0.717, 1.165) is 24.2 Å². The SMILES string of the molecule is CCc1c(NN)ncnc1NC(C)C(C)CC. The van der Waals surface area contributed by atoms with E-state index in [2.05, 4.69) is 48.4 Å². The first-order valence-electron chi connectivity index (χ1n) is 6.21. The van der Waals surface area contributed by atoms with E-state index in [0.29, 0.717) is 17.8 Å². The summed E-state index contributed by atoms with van der Waals surface area (Å²) in [7, 11) is 0. The molecular weight excluding hydrogens is 214 g/mol. The van der Waals surface area contributed by atoms with E-state index in [9.17, 15) is 0 Å². The number of anilines is 2. The third-order valence-corrected chi connectivity index (χ3v) is 3.30. The zero-order chi connectivity index (χ0) is 12.8. The molecule has 0 amide bonds. The van der Waals surface area contributed by atoms with Crippen molar-refractivity contribution in [2.24, 2.45) is 11.8 Å². The standard InChI is InChI=1S/C12H23N5/c1-5-8(3)9(4)16-11-10(6-2)12(17-13)15-7-14-11/h7-9H,5-6,13H2,1-4H3,(H2,14,15,16,17). The molecule has 2 unspecified atom stereocenters. The van der Waals surface area contributed by atoms with Crippen LogP contribution in [0.2, 0.25) is 0 Å². The Morgan fingerprint density at radius 3 is 2.41 bits per heavy atom. The topological polar surface area (TPSA) is 75.9 Å². The number of rotatable bonds is 6. The van der Waals surface area contributed by atoms with Crippen LogP contribution in [0.1, 0.15) is 39.7 Å². The van der Waals surface area contributed by atoms with E-state index in [4.69, 9.17) is 5.84 Å². The average Bonchev–Trinajstić information content (AvgIpc) is 2.37. The molecule has 2 atom stereocenters. The zero-order valence-electron chi connectivity index (χ0n) is 11.1. The highest BCUT2D eigenvalue weighted by atomic mass is 15.3. The van der Waals surface area contributed by atoms with Gasteiger partial charge in [-0.3, -0.25) is 0 Å². The minimum absolute atomic E-state index is 0.380. The molecule has 0 bridgehead atoms. The lowest BCUT2D eigenvalue weighted by Gasteiger charge is -2.22. The quantitative estimate of drug-likeness (QED) is 0.522. The molecule has 4 N–H and O–H groups in total. The summed E-state index contributed by atoms with van der Waals surface area (Å²) in [6, 6.07) is 0.380. The van der Waals surface area contributed by atoms with Crippen molar-refractivity contribution in [1.82, 2.24) is 9.97 Å². The predicted molar refractivity (Wildman–Crippen MR) is 71.8 cm³/mol. The van der Waals surface area contributed by atoms with Crippen LogP contribution in [-0.2, 0) is 6.42 Å². The van der Waals surface area contributed by atoms with Crippen LogP contribution < -0.4 is 16.6 Å². The Balaban J connectivity index is 2.90. The van der Waals surface area contributed by atoms with Gasteiger partial charge in [0.15, 0.2) is 0 Å². The Labute approximate surface area is 103 Å². The summed E-state index contributed by atoms with van der Waals surface area (Å²) in [6.45, 7) is 8.66. The summed E-state index contributed by atoms with van der Waals surface area (Å²) in [5.41, 5.74) is 3.64. The molecule has 5 heteroatoms. The van der Waals surface area contributed by atoms with Gasteiger partial charge in [-0.1, -0.05) is 27.2 Å². The van der Waals surface area contributed by atoms with Gasteiger partial charge in [0, 0.05) is 11.6 Å². The monoisotopic (exact) mass is 237 g/mol. The van der Waals surface area contributed by atoms with Crippen LogP contribution in [0.4, 0.5) is 11.6 Å². The minimum Gasteiger partial charge on any atom is -0.367 e. The van der Waals surface area contributed by atoms with Crippen LogP contribution in [0.15, 0.2) is 6.33 Å². The predicted octanol–water partition coefficient (Wildman–Crippen LogP) is 2.17. The molecule has 0 saturated heterocycles. The van der Waals surface area contributed by atoms with Gasteiger partial charge < -0.3 is 10.7 Å². The lowest BCUT2D eigenvalue weighted by molar-refractivity contribution is 0.493. The highest BCUT2D eigenvalue weighted by Crippen LogP contribution is 2.22. The molecule has 0 radical (unpaired) electrons. The first kappa shape index (κ1) is 13.7. The van der Waals surface area contributed by atoms with Gasteiger partial charge >= 0.3 is 0 Å². The number of nitrogens with two attached hydrogens (primary N) is 1. The van der Waals surface area contributed by atoms with Crippen LogP contribution in [0.5, 0.6) is 0 Å². The summed E-state index contributed by atoms with van der Waals surface area (Å²) in [5, 5.41) is 3.44. The van der Waals surface area contributed by atoms with Crippen molar-refractivity contribution in [2.75, 3.05) is 10.7 Å². The summed E-state index contributed by atoms with van der Waals surface area (Å²) >= 11 is 0. The maximum absolute atomic E-state index is 5.44. The van der Waals surface area contributed by atoms with Crippen molar-refractivity contribution in [3.8, 4) is 0 Å². The summed E-state index contributed by atoms with van der Waals surface area (Å²) in [4.78, 5) is 8.41. The molecule has 0 aliphatic carbocycles. The third kappa shape index (κ3) is 3.30. The molecule has 96 valence electrons. The maximum Gasteiger partial charge on any atom is 0.148 e. The molecule has 17 heavy (non-hydrogen) atoms. The number of nitrogens with one attached hydrogen (secondary N) is 2. The highest BCUT2D eigenvalue weighted by Gasteiger charge is 2.14. The molecule has 1 aromatic rings. The van der Waals surface area contributed by atoms with Crippen LogP contribution in [0, 0.1) is 5.92 Å². The molecule has 0 saturated carbocycles. The van der Waals surface area contributed by atoms with Gasteiger partial charge in [-0.05, 0) is 19.3 Å². The first-order chi connectivity index (χ1) is 8.13. The molecule has 5 nitrogen and oxygen atoms in total. The minimum atomic E-state index is 0.380. The van der Waals surface area contributed by atoms with Crippen molar-refractivity contribution in [3.05, 3.63) is 11.9 Å². The van der Waals surface area contributed by atoms with E-state index in [1.165, 1.54) is 6.33 Å². The van der Waals surface area contributed by atoms with Crippen molar-refractivity contribution >= 4 is 11.6 Å². The van der Waals surface area contributed by atoms with Gasteiger partial charge in [-0.2, -0.15) is 0 Å². The molecule has 1 rings (SSSR count). The Morgan fingerprint density at radius 1 is 1.24 bits per heavy atom. The highest BCUT2D eigenvalue weighted by molar-refractivity contribution is 5.57. The van der Waals surface area contributed by atoms with Gasteiger partial charge in [0.25, 0.3) is 0 Å². The largest absolute Gasteiger partial charge is 0.367 e. The molecule has 0 fully saturated rings. The Morgan fingerprint density at radius 2 is 1.88 bits per heavy atom. The number of hydrazine groups is 1. The maximum atomic E-state index is 5.44. The van der Waals surface area contributed by atoms with E-state index in [1.54, 1.807) is 0 Å². The van der Waals surface area contributed by atoms with E-state index in [1.807, 2.05) is 0 Å². The van der Waals surface area contributed by atoms with Crippen molar-refractivity contribution in [1.29, 1.82) is 0 Å². The van der Waals surface area contributed by atoms with Crippen molar-refractivity contribution < 1.29 is 0 Å². The lowest BCUT2D eigenvalue weighted by Crippen LogP contribution is -2.25. The van der Waals surface area contributed by atoms with Crippen LogP contribution >= 0.6 is 0 Å². The summed E-state index contributed by atoms with van der Waals surface area (Å²) in [6.07, 6.45) is 3.51. The van der Waals surface area contributed by atoms with Gasteiger partial charge in [-0.15, -0.1) is 0 Å². The van der Waals surface area contributed by atoms with E-state index < -0.39 is 0 Å². The Bertz CT molecular complexity index is 353. The second kappa shape index (κ2) is 6.39. The van der Waals surface area contributed by atoms with Crippen LogP contribution in [0.25, 0.3) is 0 Å². The average molecular weight is 237 g/mol. The zero-order valence-corrected chi connectivity index (χ0v) is 11.1. The molecular formula is C12H23N5. The Hall–Kier alpha value is -1.36.